The van der Waals surface area contributed by atoms with Crippen molar-refractivity contribution in [3.63, 3.8) is 0 Å². The van der Waals surface area contributed by atoms with Crippen LogP contribution in [0.25, 0.3) is 0 Å². The predicted molar refractivity (Wildman–Crippen MR) is 130 cm³/mol. The number of amidine groups is 1. The molecule has 6 rings (SSSR count). The number of likely N-dealkylation sites (tertiary alicyclic amines) is 1. The fourth-order valence-electron chi connectivity index (χ4n) is 5.44. The maximum absolute atomic E-state index is 6.91. The first kappa shape index (κ1) is 20.5. The monoisotopic (exact) mass is 440 g/mol. The SMILES string of the molecule is N[N+]12C=CN=CC1=C(C1CC(CN3CCCC3)C1)N=C2c1ccc(Oc2ccccc2)cc1. The maximum Gasteiger partial charge on any atom is 0.264 e. The zero-order valence-electron chi connectivity index (χ0n) is 18.8. The number of hydrogen-bond donors (Lipinski definition) is 1. The molecule has 2 N–H and O–H groups in total. The van der Waals surface area contributed by atoms with E-state index in [-0.39, 0.29) is 4.59 Å². The molecule has 1 saturated carbocycles. The summed E-state index contributed by atoms with van der Waals surface area (Å²) in [6.45, 7) is 3.76. The van der Waals surface area contributed by atoms with Crippen molar-refractivity contribution in [3.8, 4) is 11.5 Å². The molecule has 2 aromatic carbocycles. The number of rotatable bonds is 6. The minimum atomic E-state index is 0.0883. The van der Waals surface area contributed by atoms with Crippen molar-refractivity contribution in [1.29, 1.82) is 0 Å². The van der Waals surface area contributed by atoms with Crippen LogP contribution in [-0.2, 0) is 0 Å². The molecule has 0 amide bonds. The lowest BCUT2D eigenvalue weighted by atomic mass is 9.72. The van der Waals surface area contributed by atoms with Gasteiger partial charge in [-0.05, 0) is 81.1 Å². The average molecular weight is 441 g/mol. The van der Waals surface area contributed by atoms with Crippen LogP contribution < -0.4 is 10.6 Å². The molecule has 168 valence electrons. The van der Waals surface area contributed by atoms with Crippen LogP contribution in [0.5, 0.6) is 11.5 Å². The Balaban J connectivity index is 1.21. The van der Waals surface area contributed by atoms with Crippen LogP contribution in [0.4, 0.5) is 0 Å². The number of fused-ring (bicyclic) bond motifs is 1. The highest BCUT2D eigenvalue weighted by atomic mass is 16.5. The first-order chi connectivity index (χ1) is 16.2. The Morgan fingerprint density at radius 1 is 0.970 bits per heavy atom. The third-order valence-electron chi connectivity index (χ3n) is 7.25. The molecule has 6 nitrogen and oxygen atoms in total. The highest BCUT2D eigenvalue weighted by molar-refractivity contribution is 6.00. The number of aliphatic imine (C=N–C) groups is 2. The number of benzene rings is 2. The summed E-state index contributed by atoms with van der Waals surface area (Å²) in [6.07, 6.45) is 10.7. The summed E-state index contributed by atoms with van der Waals surface area (Å²) in [6, 6.07) is 17.9. The molecule has 4 aliphatic rings. The molecule has 0 aromatic heterocycles. The first-order valence-electron chi connectivity index (χ1n) is 12.0. The lowest BCUT2D eigenvalue weighted by Gasteiger charge is -2.37. The number of allylic oxidation sites excluding steroid dienone is 2. The van der Waals surface area contributed by atoms with Gasteiger partial charge in [-0.15, -0.1) is 4.59 Å². The van der Waals surface area contributed by atoms with E-state index in [2.05, 4.69) is 9.89 Å². The number of ether oxygens (including phenoxy) is 1. The molecule has 3 aliphatic heterocycles. The fourth-order valence-corrected chi connectivity index (χ4v) is 5.44. The Morgan fingerprint density at radius 2 is 1.70 bits per heavy atom. The smallest absolute Gasteiger partial charge is 0.264 e. The largest absolute Gasteiger partial charge is 0.457 e. The maximum atomic E-state index is 6.91. The van der Waals surface area contributed by atoms with Gasteiger partial charge in [-0.25, -0.2) is 0 Å². The summed E-state index contributed by atoms with van der Waals surface area (Å²) in [4.78, 5) is 12.1. The third kappa shape index (κ3) is 3.84. The van der Waals surface area contributed by atoms with Crippen molar-refractivity contribution in [2.75, 3.05) is 19.6 Å². The van der Waals surface area contributed by atoms with Gasteiger partial charge in [0.05, 0.1) is 18.0 Å². The van der Waals surface area contributed by atoms with E-state index < -0.39 is 0 Å². The average Bonchev–Trinajstić information content (AvgIpc) is 3.43. The molecule has 33 heavy (non-hydrogen) atoms. The molecule has 1 atom stereocenters. The lowest BCUT2D eigenvalue weighted by Crippen LogP contribution is -2.53. The highest BCUT2D eigenvalue weighted by Crippen LogP contribution is 2.45. The Labute approximate surface area is 195 Å². The molecule has 0 radical (unpaired) electrons. The summed E-state index contributed by atoms with van der Waals surface area (Å²) in [7, 11) is 0. The molecule has 1 aliphatic carbocycles. The zero-order chi connectivity index (χ0) is 22.3. The lowest BCUT2D eigenvalue weighted by molar-refractivity contribution is -0.750. The fraction of sp³-hybridized carbons (Fsp3) is 0.333. The quantitative estimate of drug-likeness (QED) is 0.517. The molecule has 6 heteroatoms. The second-order valence-electron chi connectivity index (χ2n) is 9.54. The minimum Gasteiger partial charge on any atom is -0.457 e. The van der Waals surface area contributed by atoms with Crippen LogP contribution in [0.3, 0.4) is 0 Å². The van der Waals surface area contributed by atoms with Gasteiger partial charge < -0.3 is 9.64 Å². The van der Waals surface area contributed by atoms with Crippen molar-refractivity contribution in [2.45, 2.75) is 25.7 Å². The van der Waals surface area contributed by atoms with Crippen LogP contribution in [0.1, 0.15) is 31.2 Å². The van der Waals surface area contributed by atoms with Gasteiger partial charge in [0.1, 0.15) is 23.4 Å². The van der Waals surface area contributed by atoms with Gasteiger partial charge in [0, 0.05) is 12.5 Å². The van der Waals surface area contributed by atoms with Gasteiger partial charge in [-0.2, -0.15) is 10.8 Å². The zero-order valence-corrected chi connectivity index (χ0v) is 18.8. The van der Waals surface area contributed by atoms with E-state index in [1.54, 1.807) is 6.20 Å². The third-order valence-corrected chi connectivity index (χ3v) is 7.25. The molecule has 0 bridgehead atoms. The van der Waals surface area contributed by atoms with E-state index in [4.69, 9.17) is 15.6 Å². The molecule has 3 heterocycles. The predicted octanol–water partition coefficient (Wildman–Crippen LogP) is 4.82. The number of nitrogens with two attached hydrogens (primary N) is 1. The van der Waals surface area contributed by atoms with Crippen LogP contribution in [0.15, 0.2) is 88.4 Å². The number of hydrogen-bond acceptors (Lipinski definition) is 5. The van der Waals surface area contributed by atoms with E-state index in [1.807, 2.05) is 67.0 Å². The highest BCUT2D eigenvalue weighted by Gasteiger charge is 2.48. The summed E-state index contributed by atoms with van der Waals surface area (Å²) in [5.74, 6) is 10.6. The molecule has 0 spiro atoms. The van der Waals surface area contributed by atoms with Gasteiger partial charge in [0.25, 0.3) is 5.84 Å². The first-order valence-corrected chi connectivity index (χ1v) is 12.0. The summed E-state index contributed by atoms with van der Waals surface area (Å²) in [5.41, 5.74) is 3.11. The molecule has 2 aromatic rings. The number of quaternary nitrogens is 1. The van der Waals surface area contributed by atoms with E-state index in [1.165, 1.54) is 45.3 Å². The summed E-state index contributed by atoms with van der Waals surface area (Å²) >= 11 is 0. The Bertz CT molecular complexity index is 1140. The standard InChI is InChI=1S/C27H30N5O/c28-32-15-12-29-18-25(32)26(22-16-20(17-22)19-31-13-4-5-14-31)30-27(32)21-8-10-24(11-9-21)33-23-6-2-1-3-7-23/h1-3,6-12,15,18,20,22H,4-5,13-14,16-17,19,28H2/q+1. The minimum absolute atomic E-state index is 0.0883. The Kier molecular flexibility index (Phi) is 5.21. The summed E-state index contributed by atoms with van der Waals surface area (Å²) in [5, 5.41) is 0. The van der Waals surface area contributed by atoms with Gasteiger partial charge in [-0.3, -0.25) is 4.99 Å². The van der Waals surface area contributed by atoms with E-state index >= 15 is 0 Å². The number of nitrogens with zero attached hydrogens (tertiary/aromatic N) is 4. The second-order valence-corrected chi connectivity index (χ2v) is 9.54. The Hall–Kier alpha value is -3.06. The van der Waals surface area contributed by atoms with Crippen molar-refractivity contribution in [2.24, 2.45) is 27.7 Å². The van der Waals surface area contributed by atoms with Crippen molar-refractivity contribution < 1.29 is 9.33 Å². The van der Waals surface area contributed by atoms with Crippen molar-refractivity contribution >= 4 is 12.1 Å². The topological polar surface area (TPSA) is 63.2 Å². The van der Waals surface area contributed by atoms with Crippen molar-refractivity contribution in [3.05, 3.63) is 84.0 Å². The Morgan fingerprint density at radius 3 is 2.45 bits per heavy atom. The van der Waals surface area contributed by atoms with E-state index in [9.17, 15) is 0 Å². The van der Waals surface area contributed by atoms with Gasteiger partial charge in [0.2, 0.25) is 5.70 Å². The van der Waals surface area contributed by atoms with Crippen LogP contribution in [-0.4, -0.2) is 41.2 Å². The van der Waals surface area contributed by atoms with E-state index in [0.717, 1.165) is 40.2 Å². The summed E-state index contributed by atoms with van der Waals surface area (Å²) < 4.78 is 6.04. The molecular formula is C27H30N5O+. The molecule has 2 fully saturated rings. The molecule has 1 saturated heterocycles. The van der Waals surface area contributed by atoms with Crippen LogP contribution in [0.2, 0.25) is 0 Å². The van der Waals surface area contributed by atoms with Gasteiger partial charge in [-0.1, -0.05) is 18.2 Å². The number of para-hydroxylation sites is 1. The normalized spacial score (nSPS) is 28.6. The van der Waals surface area contributed by atoms with Crippen molar-refractivity contribution in [1.82, 2.24) is 4.90 Å². The van der Waals surface area contributed by atoms with Crippen LogP contribution >= 0.6 is 0 Å². The van der Waals surface area contributed by atoms with Gasteiger partial charge in [0.15, 0.2) is 0 Å². The van der Waals surface area contributed by atoms with Gasteiger partial charge >= 0.3 is 0 Å². The second kappa shape index (κ2) is 8.37. The van der Waals surface area contributed by atoms with E-state index in [0.29, 0.717) is 5.92 Å². The van der Waals surface area contributed by atoms with Crippen LogP contribution in [0, 0.1) is 11.8 Å². The molecule has 1 unspecified atom stereocenters. The molecular weight excluding hydrogens is 410 g/mol.